The van der Waals surface area contributed by atoms with Crippen molar-refractivity contribution in [3.05, 3.63) is 42.0 Å². The van der Waals surface area contributed by atoms with E-state index in [1.165, 1.54) is 19.3 Å². The summed E-state index contributed by atoms with van der Waals surface area (Å²) in [4.78, 5) is 0. The maximum absolute atomic E-state index is 12.5. The van der Waals surface area contributed by atoms with Crippen molar-refractivity contribution in [1.82, 2.24) is 0 Å². The van der Waals surface area contributed by atoms with Gasteiger partial charge in [0.2, 0.25) is 0 Å². The number of benzene rings is 1. The Morgan fingerprint density at radius 3 is 2.35 bits per heavy atom. The van der Waals surface area contributed by atoms with E-state index < -0.39 is 17.8 Å². The Bertz CT molecular complexity index is 393. The van der Waals surface area contributed by atoms with Gasteiger partial charge in [-0.1, -0.05) is 6.08 Å². The van der Waals surface area contributed by atoms with Crippen molar-refractivity contribution in [3.8, 4) is 5.75 Å². The van der Waals surface area contributed by atoms with Crippen molar-refractivity contribution < 1.29 is 17.9 Å². The van der Waals surface area contributed by atoms with Crippen LogP contribution in [0.4, 0.5) is 13.2 Å². The fraction of sp³-hybridized carbons (Fsp3) is 0.273. The molecule has 2 N–H and O–H groups in total. The van der Waals surface area contributed by atoms with Crippen molar-refractivity contribution in [2.24, 2.45) is 5.73 Å². The zero-order chi connectivity index (χ0) is 12.3. The topological polar surface area (TPSA) is 35.2 Å². The summed E-state index contributed by atoms with van der Waals surface area (Å²) >= 11 is 0. The van der Waals surface area contributed by atoms with Crippen LogP contribution in [0.25, 0.3) is 0 Å². The molecule has 0 radical (unpaired) electrons. The third-order valence-electron chi connectivity index (χ3n) is 2.13. The van der Waals surface area contributed by atoms with Crippen molar-refractivity contribution in [1.29, 1.82) is 0 Å². The van der Waals surface area contributed by atoms with E-state index in [1.54, 1.807) is 0 Å². The van der Waals surface area contributed by atoms with Gasteiger partial charge >= 0.3 is 6.18 Å². The molecule has 1 aromatic rings. The number of rotatable bonds is 3. The van der Waals surface area contributed by atoms with Gasteiger partial charge in [-0.15, -0.1) is 19.0 Å². The molecule has 96 valence electrons. The summed E-state index contributed by atoms with van der Waals surface area (Å²) < 4.78 is 42.4. The van der Waals surface area contributed by atoms with Crippen LogP contribution in [0.5, 0.6) is 5.75 Å². The number of hydrogen-bond acceptors (Lipinski definition) is 2. The zero-order valence-electron chi connectivity index (χ0n) is 9.12. The second-order valence-corrected chi connectivity index (χ2v) is 3.25. The van der Waals surface area contributed by atoms with Gasteiger partial charge in [0.15, 0.2) is 0 Å². The van der Waals surface area contributed by atoms with Crippen LogP contribution < -0.4 is 10.5 Å². The van der Waals surface area contributed by atoms with Crippen LogP contribution >= 0.6 is 12.4 Å². The Morgan fingerprint density at radius 1 is 1.35 bits per heavy atom. The molecule has 0 heterocycles. The highest BCUT2D eigenvalue weighted by atomic mass is 35.5. The van der Waals surface area contributed by atoms with Crippen LogP contribution in [0.1, 0.15) is 17.2 Å². The summed E-state index contributed by atoms with van der Waals surface area (Å²) in [5.74, 6) is 0.127. The number of ether oxygens (including phenoxy) is 1. The molecule has 17 heavy (non-hydrogen) atoms. The average Bonchev–Trinajstić information content (AvgIpc) is 2.26. The monoisotopic (exact) mass is 267 g/mol. The summed E-state index contributed by atoms with van der Waals surface area (Å²) in [7, 11) is 1.30. The molecule has 0 unspecified atom stereocenters. The molecule has 0 spiro atoms. The van der Waals surface area contributed by atoms with E-state index >= 15 is 0 Å². The lowest BCUT2D eigenvalue weighted by atomic mass is 10.0. The molecule has 0 aliphatic heterocycles. The molecule has 2 nitrogen and oxygen atoms in total. The lowest BCUT2D eigenvalue weighted by molar-refractivity contribution is -0.137. The molecule has 0 aromatic heterocycles. The van der Waals surface area contributed by atoms with Gasteiger partial charge in [-0.25, -0.2) is 0 Å². The van der Waals surface area contributed by atoms with Crippen LogP contribution in [-0.4, -0.2) is 7.11 Å². The average molecular weight is 268 g/mol. The van der Waals surface area contributed by atoms with Gasteiger partial charge in [-0.05, 0) is 23.8 Å². The van der Waals surface area contributed by atoms with Gasteiger partial charge < -0.3 is 10.5 Å². The van der Waals surface area contributed by atoms with Crippen molar-refractivity contribution in [2.75, 3.05) is 7.11 Å². The Hall–Kier alpha value is -1.20. The molecule has 0 bridgehead atoms. The molecular formula is C11H13ClF3NO. The third kappa shape index (κ3) is 3.94. The van der Waals surface area contributed by atoms with Gasteiger partial charge in [-0.3, -0.25) is 0 Å². The molecule has 0 fully saturated rings. The first-order chi connectivity index (χ1) is 7.38. The number of methoxy groups -OCH3 is 1. The van der Waals surface area contributed by atoms with Gasteiger partial charge in [0, 0.05) is 6.04 Å². The quantitative estimate of drug-likeness (QED) is 0.853. The van der Waals surface area contributed by atoms with Crippen LogP contribution in [0.3, 0.4) is 0 Å². The standard InChI is InChI=1S/C11H12F3NO.ClH/c1-3-10(15)7-4-8(11(12,13)14)6-9(5-7)16-2;/h3-6,10H,1,15H2,2H3;1H/t10-;/m0./s1. The minimum Gasteiger partial charge on any atom is -0.497 e. The van der Waals surface area contributed by atoms with Gasteiger partial charge in [0.1, 0.15) is 5.75 Å². The van der Waals surface area contributed by atoms with E-state index in [9.17, 15) is 13.2 Å². The van der Waals surface area contributed by atoms with E-state index in [-0.39, 0.29) is 18.2 Å². The van der Waals surface area contributed by atoms with Crippen LogP contribution in [0.2, 0.25) is 0 Å². The van der Waals surface area contributed by atoms with Crippen LogP contribution in [0, 0.1) is 0 Å². The molecular weight excluding hydrogens is 255 g/mol. The molecule has 0 amide bonds. The molecule has 0 aliphatic rings. The lowest BCUT2D eigenvalue weighted by Gasteiger charge is -2.13. The number of nitrogens with two attached hydrogens (primary N) is 1. The van der Waals surface area contributed by atoms with Crippen molar-refractivity contribution >= 4 is 12.4 Å². The second-order valence-electron chi connectivity index (χ2n) is 3.25. The minimum atomic E-state index is -4.41. The third-order valence-corrected chi connectivity index (χ3v) is 2.13. The number of hydrogen-bond donors (Lipinski definition) is 1. The SMILES string of the molecule is C=C[C@H](N)c1cc(OC)cc(C(F)(F)F)c1.Cl. The fourth-order valence-electron chi connectivity index (χ4n) is 1.23. The second kappa shape index (κ2) is 5.93. The summed E-state index contributed by atoms with van der Waals surface area (Å²) in [6.45, 7) is 3.44. The minimum absolute atomic E-state index is 0. The summed E-state index contributed by atoms with van der Waals surface area (Å²) in [5.41, 5.74) is 5.13. The van der Waals surface area contributed by atoms with E-state index in [4.69, 9.17) is 10.5 Å². The number of halogens is 4. The Balaban J connectivity index is 0.00000256. The largest absolute Gasteiger partial charge is 0.497 e. The predicted octanol–water partition coefficient (Wildman–Crippen LogP) is 3.32. The summed E-state index contributed by atoms with van der Waals surface area (Å²) in [6, 6.07) is 2.74. The maximum atomic E-state index is 12.5. The Labute approximate surface area is 104 Å². The van der Waals surface area contributed by atoms with Gasteiger partial charge in [0.25, 0.3) is 0 Å². The van der Waals surface area contributed by atoms with Gasteiger partial charge in [-0.2, -0.15) is 13.2 Å². The smallest absolute Gasteiger partial charge is 0.416 e. The molecule has 1 aromatic carbocycles. The van der Waals surface area contributed by atoms with Crippen molar-refractivity contribution in [3.63, 3.8) is 0 Å². The zero-order valence-corrected chi connectivity index (χ0v) is 9.94. The van der Waals surface area contributed by atoms with E-state index in [1.807, 2.05) is 0 Å². The van der Waals surface area contributed by atoms with E-state index in [0.717, 1.165) is 12.1 Å². The molecule has 1 rings (SSSR count). The van der Waals surface area contributed by atoms with Crippen molar-refractivity contribution in [2.45, 2.75) is 12.2 Å². The first-order valence-electron chi connectivity index (χ1n) is 4.52. The first kappa shape index (κ1) is 15.8. The predicted molar refractivity (Wildman–Crippen MR) is 62.4 cm³/mol. The lowest BCUT2D eigenvalue weighted by Crippen LogP contribution is -2.11. The van der Waals surface area contributed by atoms with Crippen LogP contribution in [-0.2, 0) is 6.18 Å². The van der Waals surface area contributed by atoms with Gasteiger partial charge in [0.05, 0.1) is 12.7 Å². The van der Waals surface area contributed by atoms with E-state index in [2.05, 4.69) is 6.58 Å². The summed E-state index contributed by atoms with van der Waals surface area (Å²) in [5, 5.41) is 0. The highest BCUT2D eigenvalue weighted by Gasteiger charge is 2.31. The highest BCUT2D eigenvalue weighted by Crippen LogP contribution is 2.33. The first-order valence-corrected chi connectivity index (χ1v) is 4.52. The van der Waals surface area contributed by atoms with Crippen LogP contribution in [0.15, 0.2) is 30.9 Å². The van der Waals surface area contributed by atoms with E-state index in [0.29, 0.717) is 5.56 Å². The fourth-order valence-corrected chi connectivity index (χ4v) is 1.23. The molecule has 0 saturated heterocycles. The summed E-state index contributed by atoms with van der Waals surface area (Å²) in [6.07, 6.45) is -3.04. The maximum Gasteiger partial charge on any atom is 0.416 e. The molecule has 0 saturated carbocycles. The Morgan fingerprint density at radius 2 is 1.94 bits per heavy atom. The molecule has 0 aliphatic carbocycles. The normalized spacial score (nSPS) is 12.5. The number of alkyl halides is 3. The highest BCUT2D eigenvalue weighted by molar-refractivity contribution is 5.85. The molecule has 1 atom stereocenters. The molecule has 6 heteroatoms. The Kier molecular flexibility index (Phi) is 5.51.